The van der Waals surface area contributed by atoms with E-state index in [9.17, 15) is 9.90 Å². The number of ether oxygens (including phenoxy) is 1. The topological polar surface area (TPSA) is 65.5 Å². The first kappa shape index (κ1) is 17.4. The number of rotatable bonds is 5. The molecule has 0 atom stereocenters. The van der Waals surface area contributed by atoms with Crippen LogP contribution in [0, 0.1) is 0 Å². The van der Waals surface area contributed by atoms with E-state index in [0.717, 1.165) is 19.6 Å². The van der Waals surface area contributed by atoms with E-state index >= 15 is 0 Å². The van der Waals surface area contributed by atoms with Gasteiger partial charge in [0.15, 0.2) is 0 Å². The number of carbonyl (C=O) groups excluding carboxylic acids is 1. The molecule has 1 aliphatic rings. The van der Waals surface area contributed by atoms with Gasteiger partial charge in [-0.05, 0) is 38.1 Å². The molecule has 0 bridgehead atoms. The molecule has 0 unspecified atom stereocenters. The van der Waals surface area contributed by atoms with Gasteiger partial charge in [0.25, 0.3) is 0 Å². The Bertz CT molecular complexity index is 403. The minimum atomic E-state index is -1.27. The monoisotopic (exact) mass is 286 g/mol. The number of aromatic nitrogens is 1. The first-order valence-electron chi connectivity index (χ1n) is 6.78. The van der Waals surface area contributed by atoms with Crippen molar-refractivity contribution < 1.29 is 44.2 Å². The summed E-state index contributed by atoms with van der Waals surface area (Å²) in [6, 6.07) is 3.01. The Morgan fingerprint density at radius 3 is 2.50 bits per heavy atom. The van der Waals surface area contributed by atoms with Gasteiger partial charge in [-0.3, -0.25) is 9.88 Å². The SMILES string of the molecule is O=C([O-])c1ccc(OCCN2CCCCCC2)cn1.[Na+]. The molecule has 0 N–H and O–H groups in total. The molecule has 1 aromatic rings. The van der Waals surface area contributed by atoms with Crippen molar-refractivity contribution in [1.82, 2.24) is 9.88 Å². The normalized spacial score (nSPS) is 16.0. The number of hydrogen-bond donors (Lipinski definition) is 0. The Hall–Kier alpha value is -0.620. The molecule has 1 aliphatic heterocycles. The number of carboxylic acid groups (broad SMARTS) is 1. The fourth-order valence-corrected chi connectivity index (χ4v) is 2.24. The molecule has 20 heavy (non-hydrogen) atoms. The molecule has 0 amide bonds. The van der Waals surface area contributed by atoms with Crippen molar-refractivity contribution in [2.45, 2.75) is 25.7 Å². The molecule has 0 spiro atoms. The van der Waals surface area contributed by atoms with Crippen molar-refractivity contribution in [3.8, 4) is 5.75 Å². The Labute approximate surface area is 141 Å². The molecular weight excluding hydrogens is 267 g/mol. The second-order valence-corrected chi connectivity index (χ2v) is 4.77. The van der Waals surface area contributed by atoms with E-state index in [1.165, 1.54) is 37.9 Å². The van der Waals surface area contributed by atoms with Crippen molar-refractivity contribution in [2.24, 2.45) is 0 Å². The molecule has 5 nitrogen and oxygen atoms in total. The van der Waals surface area contributed by atoms with E-state index in [-0.39, 0.29) is 35.3 Å². The number of pyridine rings is 1. The summed E-state index contributed by atoms with van der Waals surface area (Å²) in [5, 5.41) is 10.5. The van der Waals surface area contributed by atoms with Crippen molar-refractivity contribution in [3.63, 3.8) is 0 Å². The Kier molecular flexibility index (Phi) is 8.14. The Balaban J connectivity index is 0.00000200. The van der Waals surface area contributed by atoms with Gasteiger partial charge in [-0.15, -0.1) is 0 Å². The van der Waals surface area contributed by atoms with Gasteiger partial charge < -0.3 is 14.6 Å². The van der Waals surface area contributed by atoms with Crippen LogP contribution in [-0.4, -0.2) is 42.1 Å². The molecule has 2 heterocycles. The smallest absolute Gasteiger partial charge is 0.543 e. The van der Waals surface area contributed by atoms with Crippen LogP contribution >= 0.6 is 0 Å². The molecule has 1 fully saturated rings. The van der Waals surface area contributed by atoms with Gasteiger partial charge in [0.1, 0.15) is 12.4 Å². The molecule has 1 aromatic heterocycles. The molecular formula is C14H19N2NaO3. The van der Waals surface area contributed by atoms with E-state index in [0.29, 0.717) is 12.4 Å². The van der Waals surface area contributed by atoms with Crippen LogP contribution in [0.2, 0.25) is 0 Å². The Morgan fingerprint density at radius 2 is 1.95 bits per heavy atom. The maximum Gasteiger partial charge on any atom is 1.00 e. The van der Waals surface area contributed by atoms with Crippen molar-refractivity contribution in [3.05, 3.63) is 24.0 Å². The first-order chi connectivity index (χ1) is 9.25. The van der Waals surface area contributed by atoms with Crippen LogP contribution in [0.1, 0.15) is 36.2 Å². The molecule has 0 aromatic carbocycles. The summed E-state index contributed by atoms with van der Waals surface area (Å²) in [4.78, 5) is 16.7. The maximum atomic E-state index is 10.5. The number of nitrogens with zero attached hydrogens (tertiary/aromatic N) is 2. The fraction of sp³-hybridized carbons (Fsp3) is 0.571. The van der Waals surface area contributed by atoms with E-state index in [2.05, 4.69) is 9.88 Å². The molecule has 0 aliphatic carbocycles. The quantitative estimate of drug-likeness (QED) is 0.570. The number of hydrogen-bond acceptors (Lipinski definition) is 5. The zero-order valence-electron chi connectivity index (χ0n) is 12.0. The van der Waals surface area contributed by atoms with Crippen molar-refractivity contribution in [1.29, 1.82) is 0 Å². The summed E-state index contributed by atoms with van der Waals surface area (Å²) < 4.78 is 5.57. The van der Waals surface area contributed by atoms with Gasteiger partial charge in [0.2, 0.25) is 0 Å². The zero-order valence-corrected chi connectivity index (χ0v) is 14.0. The third kappa shape index (κ3) is 5.79. The summed E-state index contributed by atoms with van der Waals surface area (Å²) in [6.07, 6.45) is 6.61. The second kappa shape index (κ2) is 9.34. The molecule has 6 heteroatoms. The maximum absolute atomic E-state index is 10.5. The van der Waals surface area contributed by atoms with Crippen LogP contribution in [0.3, 0.4) is 0 Å². The molecule has 1 saturated heterocycles. The summed E-state index contributed by atoms with van der Waals surface area (Å²) in [5.74, 6) is -0.670. The van der Waals surface area contributed by atoms with E-state index < -0.39 is 5.97 Å². The molecule has 2 rings (SSSR count). The van der Waals surface area contributed by atoms with Gasteiger partial charge in [-0.1, -0.05) is 12.8 Å². The van der Waals surface area contributed by atoms with Gasteiger partial charge in [-0.25, -0.2) is 0 Å². The second-order valence-electron chi connectivity index (χ2n) is 4.77. The van der Waals surface area contributed by atoms with Crippen LogP contribution in [0.25, 0.3) is 0 Å². The van der Waals surface area contributed by atoms with Gasteiger partial charge in [0, 0.05) is 6.54 Å². The summed E-state index contributed by atoms with van der Waals surface area (Å²) in [6.45, 7) is 3.80. The van der Waals surface area contributed by atoms with Gasteiger partial charge in [-0.2, -0.15) is 0 Å². The average Bonchev–Trinajstić information content (AvgIpc) is 2.68. The average molecular weight is 286 g/mol. The largest absolute Gasteiger partial charge is 1.00 e. The van der Waals surface area contributed by atoms with Crippen LogP contribution in [0.5, 0.6) is 5.75 Å². The van der Waals surface area contributed by atoms with E-state index in [1.807, 2.05) is 0 Å². The molecule has 104 valence electrons. The summed E-state index contributed by atoms with van der Waals surface area (Å²) in [7, 11) is 0. The molecule has 0 saturated carbocycles. The minimum absolute atomic E-state index is 0. The van der Waals surface area contributed by atoms with Crippen molar-refractivity contribution >= 4 is 5.97 Å². The number of carboxylic acids is 1. The van der Waals surface area contributed by atoms with E-state index in [4.69, 9.17) is 4.74 Å². The summed E-state index contributed by atoms with van der Waals surface area (Å²) in [5.41, 5.74) is -0.0696. The fourth-order valence-electron chi connectivity index (χ4n) is 2.24. The molecule has 0 radical (unpaired) electrons. The number of carbonyl (C=O) groups is 1. The van der Waals surface area contributed by atoms with Crippen LogP contribution in [0.4, 0.5) is 0 Å². The Morgan fingerprint density at radius 1 is 1.25 bits per heavy atom. The van der Waals surface area contributed by atoms with Crippen LogP contribution in [-0.2, 0) is 0 Å². The standard InChI is InChI=1S/C14H20N2O3.Na/c17-14(18)13-6-5-12(11-15-13)19-10-9-16-7-3-1-2-4-8-16;/h5-6,11H,1-4,7-10H2,(H,17,18);/q;+1/p-1. The van der Waals surface area contributed by atoms with Crippen LogP contribution in [0.15, 0.2) is 18.3 Å². The van der Waals surface area contributed by atoms with Gasteiger partial charge in [0.05, 0.1) is 17.9 Å². The first-order valence-corrected chi connectivity index (χ1v) is 6.78. The minimum Gasteiger partial charge on any atom is -0.543 e. The number of likely N-dealkylation sites (tertiary alicyclic amines) is 1. The summed E-state index contributed by atoms with van der Waals surface area (Å²) >= 11 is 0. The third-order valence-electron chi connectivity index (χ3n) is 3.32. The third-order valence-corrected chi connectivity index (χ3v) is 3.32. The van der Waals surface area contributed by atoms with E-state index in [1.54, 1.807) is 6.07 Å². The predicted octanol–water partition coefficient (Wildman–Crippen LogP) is -2.30. The van der Waals surface area contributed by atoms with Gasteiger partial charge >= 0.3 is 29.6 Å². The van der Waals surface area contributed by atoms with Crippen LogP contribution < -0.4 is 39.4 Å². The zero-order chi connectivity index (χ0) is 13.5. The van der Waals surface area contributed by atoms with Crippen molar-refractivity contribution in [2.75, 3.05) is 26.2 Å². The number of aromatic carboxylic acids is 1. The predicted molar refractivity (Wildman–Crippen MR) is 69.0 cm³/mol.